The van der Waals surface area contributed by atoms with Gasteiger partial charge in [0.05, 0.1) is 5.69 Å². The molecule has 4 nitrogen and oxygen atoms in total. The van der Waals surface area contributed by atoms with Crippen molar-refractivity contribution in [3.8, 4) is 0 Å². The van der Waals surface area contributed by atoms with Gasteiger partial charge in [-0.1, -0.05) is 24.3 Å². The first-order valence-corrected chi connectivity index (χ1v) is 8.93. The van der Waals surface area contributed by atoms with Gasteiger partial charge in [-0.15, -0.1) is 11.3 Å². The number of thiophene rings is 1. The number of hydrogen-bond acceptors (Lipinski definition) is 3. The van der Waals surface area contributed by atoms with E-state index < -0.39 is 29.4 Å². The summed E-state index contributed by atoms with van der Waals surface area (Å²) in [6, 6.07) is 11.3. The number of fused-ring (bicyclic) bond motifs is 1. The molecule has 7 heteroatoms. The van der Waals surface area contributed by atoms with E-state index in [2.05, 4.69) is 10.6 Å². The van der Waals surface area contributed by atoms with Crippen molar-refractivity contribution in [2.45, 2.75) is 5.92 Å². The van der Waals surface area contributed by atoms with E-state index in [4.69, 9.17) is 0 Å². The van der Waals surface area contributed by atoms with Crippen LogP contribution in [0.25, 0.3) is 10.1 Å². The van der Waals surface area contributed by atoms with Crippen LogP contribution >= 0.6 is 11.3 Å². The summed E-state index contributed by atoms with van der Waals surface area (Å²) in [5.41, 5.74) is 0.632. The lowest BCUT2D eigenvalue weighted by Crippen LogP contribution is -2.32. The number of nitrogens with one attached hydrogen (secondary N) is 2. The van der Waals surface area contributed by atoms with Crippen molar-refractivity contribution in [3.63, 3.8) is 0 Å². The molecular weight excluding hydrogens is 358 g/mol. The van der Waals surface area contributed by atoms with Gasteiger partial charge in [0.15, 0.2) is 11.6 Å². The number of amides is 2. The molecule has 0 spiro atoms. The van der Waals surface area contributed by atoms with Gasteiger partial charge in [-0.2, -0.15) is 0 Å². The van der Waals surface area contributed by atoms with Gasteiger partial charge < -0.3 is 10.6 Å². The van der Waals surface area contributed by atoms with Crippen molar-refractivity contribution in [3.05, 3.63) is 65.0 Å². The maximum atomic E-state index is 13.8. The number of benzene rings is 2. The Morgan fingerprint density at radius 2 is 1.96 bits per heavy atom. The Morgan fingerprint density at radius 1 is 1.15 bits per heavy atom. The van der Waals surface area contributed by atoms with Crippen LogP contribution in [0.15, 0.2) is 47.8 Å². The summed E-state index contributed by atoms with van der Waals surface area (Å²) >= 11 is 1.54. The molecule has 0 bridgehead atoms. The molecule has 1 aliphatic heterocycles. The first-order chi connectivity index (χ1) is 12.6. The third kappa shape index (κ3) is 2.74. The summed E-state index contributed by atoms with van der Waals surface area (Å²) in [5.74, 6) is -4.63. The van der Waals surface area contributed by atoms with Crippen LogP contribution in [-0.2, 0) is 9.59 Å². The predicted octanol–water partition coefficient (Wildman–Crippen LogP) is 3.65. The summed E-state index contributed by atoms with van der Waals surface area (Å²) < 4.78 is 28.3. The van der Waals surface area contributed by atoms with Gasteiger partial charge in [-0.3, -0.25) is 9.59 Å². The second kappa shape index (κ2) is 6.49. The fraction of sp³-hybridized carbons (Fsp3) is 0.158. The second-order valence-electron chi connectivity index (χ2n) is 6.11. The first-order valence-electron chi connectivity index (χ1n) is 8.05. The van der Waals surface area contributed by atoms with E-state index in [9.17, 15) is 18.4 Å². The van der Waals surface area contributed by atoms with E-state index in [-0.39, 0.29) is 11.6 Å². The maximum Gasteiger partial charge on any atom is 0.237 e. The van der Waals surface area contributed by atoms with Gasteiger partial charge >= 0.3 is 0 Å². The smallest absolute Gasteiger partial charge is 0.237 e. The quantitative estimate of drug-likeness (QED) is 0.690. The lowest BCUT2D eigenvalue weighted by molar-refractivity contribution is -0.130. The normalized spacial score (nSPS) is 19.5. The van der Waals surface area contributed by atoms with Gasteiger partial charge in [0.1, 0.15) is 5.92 Å². The van der Waals surface area contributed by atoms with Crippen LogP contribution in [0.1, 0.15) is 11.5 Å². The minimum atomic E-state index is -1.14. The van der Waals surface area contributed by atoms with Crippen molar-refractivity contribution < 1.29 is 18.4 Å². The Morgan fingerprint density at radius 3 is 2.81 bits per heavy atom. The van der Waals surface area contributed by atoms with Crippen molar-refractivity contribution in [2.24, 2.45) is 5.92 Å². The molecule has 0 unspecified atom stereocenters. The zero-order valence-electron chi connectivity index (χ0n) is 13.5. The Balaban J connectivity index is 1.66. The molecule has 26 heavy (non-hydrogen) atoms. The second-order valence-corrected chi connectivity index (χ2v) is 7.02. The average molecular weight is 372 g/mol. The van der Waals surface area contributed by atoms with Gasteiger partial charge in [0.25, 0.3) is 0 Å². The number of carbonyl (C=O) groups excluding carboxylic acids is 2. The highest BCUT2D eigenvalue weighted by Crippen LogP contribution is 2.37. The number of halogens is 2. The monoisotopic (exact) mass is 372 g/mol. The van der Waals surface area contributed by atoms with Crippen LogP contribution in [0, 0.1) is 17.6 Å². The summed E-state index contributed by atoms with van der Waals surface area (Å²) in [4.78, 5) is 24.9. The van der Waals surface area contributed by atoms with Crippen molar-refractivity contribution in [1.82, 2.24) is 5.32 Å². The summed E-state index contributed by atoms with van der Waals surface area (Å²) in [7, 11) is 0. The number of carbonyl (C=O) groups is 2. The Kier molecular flexibility index (Phi) is 4.16. The molecule has 132 valence electrons. The lowest BCUT2D eigenvalue weighted by Gasteiger charge is -2.17. The molecule has 0 aliphatic carbocycles. The van der Waals surface area contributed by atoms with E-state index in [1.54, 1.807) is 11.3 Å². The van der Waals surface area contributed by atoms with Crippen molar-refractivity contribution in [1.29, 1.82) is 0 Å². The molecule has 0 saturated carbocycles. The molecule has 2 amide bonds. The van der Waals surface area contributed by atoms with E-state index in [0.717, 1.165) is 21.7 Å². The fourth-order valence-corrected chi connectivity index (χ4v) is 4.33. The standard InChI is InChI=1S/C19H14F2N2O2S/c20-13-5-3-6-14(17(13)21)23-19(25)16-11(8-22-18(16)24)12-9-26-15-7-2-1-4-10(12)15/h1-7,9,11,16H,8H2,(H,22,24)(H,23,25)/t11-,16-/m1/s1. The van der Waals surface area contributed by atoms with Crippen LogP contribution in [0.2, 0.25) is 0 Å². The highest BCUT2D eigenvalue weighted by molar-refractivity contribution is 7.17. The Hall–Kier alpha value is -2.80. The molecule has 1 aromatic heterocycles. The zero-order chi connectivity index (χ0) is 18.3. The van der Waals surface area contributed by atoms with Gasteiger partial charge in [-0.05, 0) is 34.5 Å². The molecule has 2 heterocycles. The molecule has 2 atom stereocenters. The predicted molar refractivity (Wildman–Crippen MR) is 96.1 cm³/mol. The van der Waals surface area contributed by atoms with Gasteiger partial charge in [-0.25, -0.2) is 8.78 Å². The van der Waals surface area contributed by atoms with Crippen molar-refractivity contribution >= 4 is 38.9 Å². The highest BCUT2D eigenvalue weighted by atomic mass is 32.1. The topological polar surface area (TPSA) is 58.2 Å². The molecule has 1 saturated heterocycles. The third-order valence-electron chi connectivity index (χ3n) is 4.58. The summed E-state index contributed by atoms with van der Waals surface area (Å²) in [5, 5.41) is 7.99. The Bertz CT molecular complexity index is 1020. The maximum absolute atomic E-state index is 13.8. The third-order valence-corrected chi connectivity index (χ3v) is 5.57. The van der Waals surface area contributed by atoms with Crippen LogP contribution in [-0.4, -0.2) is 18.4 Å². The Labute approximate surface area is 151 Å². The number of anilines is 1. The summed E-state index contributed by atoms with van der Waals surface area (Å²) in [6.07, 6.45) is 0. The van der Waals surface area contributed by atoms with Crippen LogP contribution < -0.4 is 10.6 Å². The molecule has 2 aromatic carbocycles. The molecule has 2 N–H and O–H groups in total. The van der Waals surface area contributed by atoms with E-state index in [1.165, 1.54) is 12.1 Å². The fourth-order valence-electron chi connectivity index (χ4n) is 3.31. The highest BCUT2D eigenvalue weighted by Gasteiger charge is 2.42. The molecule has 1 fully saturated rings. The van der Waals surface area contributed by atoms with Crippen LogP contribution in [0.3, 0.4) is 0 Å². The zero-order valence-corrected chi connectivity index (χ0v) is 14.3. The van der Waals surface area contributed by atoms with Crippen LogP contribution in [0.4, 0.5) is 14.5 Å². The molecule has 1 aliphatic rings. The van der Waals surface area contributed by atoms with Crippen molar-refractivity contribution in [2.75, 3.05) is 11.9 Å². The minimum Gasteiger partial charge on any atom is -0.355 e. The molecule has 3 aromatic rings. The lowest BCUT2D eigenvalue weighted by atomic mass is 9.87. The molecule has 4 rings (SSSR count). The number of hydrogen-bond donors (Lipinski definition) is 2. The van der Waals surface area contributed by atoms with Gasteiger partial charge in [0.2, 0.25) is 11.8 Å². The number of rotatable bonds is 3. The largest absolute Gasteiger partial charge is 0.355 e. The molecular formula is C19H14F2N2O2S. The minimum absolute atomic E-state index is 0.274. The SMILES string of the molecule is O=C1NC[C@H](c2csc3ccccc23)[C@H]1C(=O)Nc1cccc(F)c1F. The molecule has 0 radical (unpaired) electrons. The summed E-state index contributed by atoms with van der Waals surface area (Å²) in [6.45, 7) is 0.323. The first kappa shape index (κ1) is 16.7. The van der Waals surface area contributed by atoms with E-state index >= 15 is 0 Å². The average Bonchev–Trinajstić information content (AvgIpc) is 3.22. The van der Waals surface area contributed by atoms with Gasteiger partial charge in [0, 0.05) is 17.2 Å². The van der Waals surface area contributed by atoms with E-state index in [0.29, 0.717) is 6.54 Å². The van der Waals surface area contributed by atoms with Crippen LogP contribution in [0.5, 0.6) is 0 Å². The van der Waals surface area contributed by atoms with E-state index in [1.807, 2.05) is 29.6 Å².